The third-order valence-corrected chi connectivity index (χ3v) is 3.84. The number of hydrogen-bond donors (Lipinski definition) is 3. The Morgan fingerprint density at radius 1 is 1.16 bits per heavy atom. The Morgan fingerprint density at radius 3 is 2.72 bits per heavy atom. The van der Waals surface area contributed by atoms with E-state index in [0.717, 1.165) is 36.6 Å². The fraction of sp³-hybridized carbons (Fsp3) is 0.316. The third kappa shape index (κ3) is 6.19. The number of nitrogens with zero attached hydrogens (tertiary/aromatic N) is 1. The minimum Gasteiger partial charge on any atom is -0.504 e. The molecule has 0 amide bonds. The van der Waals surface area contributed by atoms with Gasteiger partial charge in [-0.15, -0.1) is 0 Å². The van der Waals surface area contributed by atoms with Crippen molar-refractivity contribution in [2.24, 2.45) is 4.99 Å². The Hall–Kier alpha value is -2.40. The maximum atomic E-state index is 9.64. The lowest BCUT2D eigenvalue weighted by atomic mass is 10.1. The number of nitrogens with one attached hydrogen (secondary N) is 2. The molecule has 0 aliphatic carbocycles. The molecule has 134 valence electrons. The fourth-order valence-electron chi connectivity index (χ4n) is 2.35. The number of methoxy groups -OCH3 is 1. The summed E-state index contributed by atoms with van der Waals surface area (Å²) in [6, 6.07) is 13.1. The zero-order valence-corrected chi connectivity index (χ0v) is 15.3. The molecule has 0 saturated carbocycles. The first-order chi connectivity index (χ1) is 12.1. The molecule has 0 bridgehead atoms. The molecule has 25 heavy (non-hydrogen) atoms. The molecule has 3 N–H and O–H groups in total. The van der Waals surface area contributed by atoms with Crippen molar-refractivity contribution in [3.63, 3.8) is 0 Å². The molecule has 2 aromatic rings. The molecule has 0 heterocycles. The van der Waals surface area contributed by atoms with Gasteiger partial charge < -0.3 is 20.5 Å². The molecule has 0 aromatic heterocycles. The van der Waals surface area contributed by atoms with Crippen LogP contribution in [0.1, 0.15) is 18.1 Å². The van der Waals surface area contributed by atoms with Crippen LogP contribution in [0.25, 0.3) is 0 Å². The maximum absolute atomic E-state index is 9.64. The van der Waals surface area contributed by atoms with Crippen LogP contribution in [0, 0.1) is 0 Å². The minimum atomic E-state index is 0.149. The first kappa shape index (κ1) is 18.9. The second-order valence-corrected chi connectivity index (χ2v) is 5.94. The molecule has 0 fully saturated rings. The van der Waals surface area contributed by atoms with Crippen LogP contribution in [-0.4, -0.2) is 31.3 Å². The number of halogens is 1. The van der Waals surface area contributed by atoms with Gasteiger partial charge in [0.1, 0.15) is 0 Å². The number of rotatable bonds is 7. The van der Waals surface area contributed by atoms with Gasteiger partial charge in [0.25, 0.3) is 0 Å². The molecule has 0 radical (unpaired) electrons. The summed E-state index contributed by atoms with van der Waals surface area (Å²) in [6.45, 7) is 4.09. The van der Waals surface area contributed by atoms with E-state index in [-0.39, 0.29) is 5.75 Å². The van der Waals surface area contributed by atoms with E-state index in [2.05, 4.69) is 15.6 Å². The minimum absolute atomic E-state index is 0.149. The maximum Gasteiger partial charge on any atom is 0.191 e. The van der Waals surface area contributed by atoms with Crippen molar-refractivity contribution in [1.29, 1.82) is 0 Å². The summed E-state index contributed by atoms with van der Waals surface area (Å²) >= 11 is 6.00. The van der Waals surface area contributed by atoms with Crippen LogP contribution in [0.4, 0.5) is 0 Å². The number of benzene rings is 2. The van der Waals surface area contributed by atoms with E-state index in [4.69, 9.17) is 16.3 Å². The lowest BCUT2D eigenvalue weighted by Crippen LogP contribution is -2.38. The molecule has 5 nitrogen and oxygen atoms in total. The van der Waals surface area contributed by atoms with E-state index in [0.29, 0.717) is 17.3 Å². The average molecular weight is 362 g/mol. The summed E-state index contributed by atoms with van der Waals surface area (Å²) in [7, 11) is 1.54. The molecule has 0 aliphatic rings. The highest BCUT2D eigenvalue weighted by Crippen LogP contribution is 2.26. The van der Waals surface area contributed by atoms with Gasteiger partial charge in [-0.3, -0.25) is 0 Å². The van der Waals surface area contributed by atoms with Crippen molar-refractivity contribution in [3.8, 4) is 11.5 Å². The largest absolute Gasteiger partial charge is 0.504 e. The number of hydrogen-bond acceptors (Lipinski definition) is 3. The van der Waals surface area contributed by atoms with Gasteiger partial charge >= 0.3 is 0 Å². The zero-order chi connectivity index (χ0) is 18.1. The van der Waals surface area contributed by atoms with E-state index in [1.54, 1.807) is 13.2 Å². The normalized spacial score (nSPS) is 11.2. The molecule has 2 rings (SSSR count). The van der Waals surface area contributed by atoms with Gasteiger partial charge in [0, 0.05) is 18.1 Å². The second-order valence-electron chi connectivity index (χ2n) is 5.51. The van der Waals surface area contributed by atoms with E-state index < -0.39 is 0 Å². The lowest BCUT2D eigenvalue weighted by Gasteiger charge is -2.12. The standard InChI is InChI=1S/C19H24ClN3O2/c1-3-21-19(23-13-15-5-4-6-16(20)11-15)22-10-9-14-7-8-17(24)18(12-14)25-2/h4-8,11-12,24H,3,9-10,13H2,1-2H3,(H2,21,22,23). The zero-order valence-electron chi connectivity index (χ0n) is 14.6. The smallest absolute Gasteiger partial charge is 0.191 e. The average Bonchev–Trinajstić information content (AvgIpc) is 2.61. The van der Waals surface area contributed by atoms with Crippen molar-refractivity contribution in [2.75, 3.05) is 20.2 Å². The predicted molar refractivity (Wildman–Crippen MR) is 103 cm³/mol. The monoisotopic (exact) mass is 361 g/mol. The Balaban J connectivity index is 1.91. The van der Waals surface area contributed by atoms with Crippen molar-refractivity contribution in [1.82, 2.24) is 10.6 Å². The summed E-state index contributed by atoms with van der Waals surface area (Å²) in [4.78, 5) is 4.57. The number of aromatic hydroxyl groups is 1. The molecule has 0 saturated heterocycles. The quantitative estimate of drug-likeness (QED) is 0.522. The SMILES string of the molecule is CCNC(=NCc1cccc(Cl)c1)NCCc1ccc(O)c(OC)c1. The summed E-state index contributed by atoms with van der Waals surface area (Å²) < 4.78 is 5.13. The summed E-state index contributed by atoms with van der Waals surface area (Å²) in [5.74, 6) is 1.39. The lowest BCUT2D eigenvalue weighted by molar-refractivity contribution is 0.373. The molecular weight excluding hydrogens is 338 g/mol. The van der Waals surface area contributed by atoms with Crippen LogP contribution in [-0.2, 0) is 13.0 Å². The third-order valence-electron chi connectivity index (χ3n) is 3.60. The van der Waals surface area contributed by atoms with Crippen molar-refractivity contribution < 1.29 is 9.84 Å². The van der Waals surface area contributed by atoms with E-state index in [1.165, 1.54) is 0 Å². The summed E-state index contributed by atoms with van der Waals surface area (Å²) in [6.07, 6.45) is 0.790. The van der Waals surface area contributed by atoms with E-state index in [1.807, 2.05) is 43.3 Å². The Morgan fingerprint density at radius 2 is 2.00 bits per heavy atom. The van der Waals surface area contributed by atoms with Crippen LogP contribution in [0.2, 0.25) is 5.02 Å². The van der Waals surface area contributed by atoms with Crippen LogP contribution in [0.3, 0.4) is 0 Å². The highest BCUT2D eigenvalue weighted by molar-refractivity contribution is 6.30. The molecule has 6 heteroatoms. The first-order valence-corrected chi connectivity index (χ1v) is 8.62. The van der Waals surface area contributed by atoms with Crippen LogP contribution < -0.4 is 15.4 Å². The Labute approximate surface area is 153 Å². The van der Waals surface area contributed by atoms with Gasteiger partial charge in [-0.25, -0.2) is 4.99 Å². The number of guanidine groups is 1. The van der Waals surface area contributed by atoms with Gasteiger partial charge in [0.05, 0.1) is 13.7 Å². The van der Waals surface area contributed by atoms with Gasteiger partial charge in [0.2, 0.25) is 0 Å². The van der Waals surface area contributed by atoms with Gasteiger partial charge in [-0.2, -0.15) is 0 Å². The number of phenolic OH excluding ortho intramolecular Hbond substituents is 1. The van der Waals surface area contributed by atoms with Crippen LogP contribution >= 0.6 is 11.6 Å². The van der Waals surface area contributed by atoms with Crippen LogP contribution in [0.15, 0.2) is 47.5 Å². The molecule has 0 atom stereocenters. The fourth-order valence-corrected chi connectivity index (χ4v) is 2.56. The topological polar surface area (TPSA) is 65.9 Å². The number of aliphatic imine (C=N–C) groups is 1. The van der Waals surface area contributed by atoms with Gasteiger partial charge in [-0.1, -0.05) is 29.8 Å². The Bertz CT molecular complexity index is 720. The molecule has 0 aliphatic heterocycles. The number of phenols is 1. The van der Waals surface area contributed by atoms with Crippen molar-refractivity contribution >= 4 is 17.6 Å². The van der Waals surface area contributed by atoms with E-state index in [9.17, 15) is 5.11 Å². The molecule has 0 unspecified atom stereocenters. The van der Waals surface area contributed by atoms with Crippen molar-refractivity contribution in [2.45, 2.75) is 19.9 Å². The van der Waals surface area contributed by atoms with Gasteiger partial charge in [-0.05, 0) is 48.7 Å². The highest BCUT2D eigenvalue weighted by atomic mass is 35.5. The molecule has 0 spiro atoms. The second kappa shape index (κ2) is 9.79. The first-order valence-electron chi connectivity index (χ1n) is 8.25. The van der Waals surface area contributed by atoms with Gasteiger partial charge in [0.15, 0.2) is 17.5 Å². The predicted octanol–water partition coefficient (Wildman–Crippen LogP) is 3.35. The summed E-state index contributed by atoms with van der Waals surface area (Å²) in [5.41, 5.74) is 2.14. The summed E-state index contributed by atoms with van der Waals surface area (Å²) in [5, 5.41) is 16.9. The van der Waals surface area contributed by atoms with Crippen molar-refractivity contribution in [3.05, 3.63) is 58.6 Å². The highest BCUT2D eigenvalue weighted by Gasteiger charge is 2.03. The molecular formula is C19H24ClN3O2. The van der Waals surface area contributed by atoms with E-state index >= 15 is 0 Å². The Kier molecular flexibility index (Phi) is 7.41. The number of ether oxygens (including phenoxy) is 1. The molecule has 2 aromatic carbocycles. The van der Waals surface area contributed by atoms with Crippen LogP contribution in [0.5, 0.6) is 11.5 Å².